The lowest BCUT2D eigenvalue weighted by atomic mass is 10.0. The van der Waals surface area contributed by atoms with Gasteiger partial charge in [0.15, 0.2) is 0 Å². The van der Waals surface area contributed by atoms with E-state index < -0.39 is 11.7 Å². The largest absolute Gasteiger partial charge is 0.416 e. The second-order valence-electron chi connectivity index (χ2n) is 7.49. The molecule has 1 aromatic rings. The molecule has 3 nitrogen and oxygen atoms in total. The molecule has 2 fully saturated rings. The number of likely N-dealkylation sites (tertiary alicyclic amines) is 1. The summed E-state index contributed by atoms with van der Waals surface area (Å²) in [6.45, 7) is 4.10. The SMILES string of the molecule is C[C@@H]1C[C@H]1C(=O)N1CCC(N(C)Cc2cccc(C(F)(F)F)c2)CC1. The van der Waals surface area contributed by atoms with Gasteiger partial charge in [-0.25, -0.2) is 0 Å². The number of piperidine rings is 1. The fourth-order valence-corrected chi connectivity index (χ4v) is 3.69. The van der Waals surface area contributed by atoms with Crippen LogP contribution in [-0.4, -0.2) is 41.9 Å². The van der Waals surface area contributed by atoms with E-state index in [1.54, 1.807) is 6.07 Å². The predicted molar refractivity (Wildman–Crippen MR) is 89.8 cm³/mol. The molecule has 3 rings (SSSR count). The molecule has 0 radical (unpaired) electrons. The fourth-order valence-electron chi connectivity index (χ4n) is 3.69. The molecule has 1 amide bonds. The summed E-state index contributed by atoms with van der Waals surface area (Å²) in [7, 11) is 1.95. The zero-order valence-corrected chi connectivity index (χ0v) is 14.7. The summed E-state index contributed by atoms with van der Waals surface area (Å²) in [6, 6.07) is 5.83. The molecule has 1 aliphatic heterocycles. The van der Waals surface area contributed by atoms with Crippen molar-refractivity contribution in [2.45, 2.75) is 44.9 Å². The molecule has 1 saturated heterocycles. The van der Waals surface area contributed by atoms with Crippen LogP contribution in [0, 0.1) is 11.8 Å². The van der Waals surface area contributed by atoms with Crippen molar-refractivity contribution < 1.29 is 18.0 Å². The molecule has 1 aromatic carbocycles. The number of nitrogens with zero attached hydrogens (tertiary/aromatic N) is 2. The van der Waals surface area contributed by atoms with Crippen molar-refractivity contribution in [2.75, 3.05) is 20.1 Å². The average molecular weight is 354 g/mol. The fraction of sp³-hybridized carbons (Fsp3) is 0.632. The molecule has 0 aromatic heterocycles. The average Bonchev–Trinajstić information content (AvgIpc) is 3.30. The molecule has 2 aliphatic rings. The standard InChI is InChI=1S/C19H25F3N2O/c1-13-10-17(13)18(25)24-8-6-16(7-9-24)23(2)12-14-4-3-5-15(11-14)19(20,21)22/h3-5,11,13,16-17H,6-10,12H2,1-2H3/t13-,17-/m1/s1. The van der Waals surface area contributed by atoms with Crippen LogP contribution in [0.1, 0.15) is 37.3 Å². The maximum absolute atomic E-state index is 12.8. The Morgan fingerprint density at radius 2 is 1.92 bits per heavy atom. The van der Waals surface area contributed by atoms with Gasteiger partial charge < -0.3 is 4.90 Å². The summed E-state index contributed by atoms with van der Waals surface area (Å²) in [6.07, 6.45) is -1.54. The van der Waals surface area contributed by atoms with Gasteiger partial charge in [-0.1, -0.05) is 25.1 Å². The summed E-state index contributed by atoms with van der Waals surface area (Å²) in [5.41, 5.74) is 0.0694. The van der Waals surface area contributed by atoms with Crippen molar-refractivity contribution >= 4 is 5.91 Å². The van der Waals surface area contributed by atoms with E-state index in [1.807, 2.05) is 11.9 Å². The second kappa shape index (κ2) is 6.98. The maximum Gasteiger partial charge on any atom is 0.416 e. The van der Waals surface area contributed by atoms with Crippen LogP contribution in [0.15, 0.2) is 24.3 Å². The summed E-state index contributed by atoms with van der Waals surface area (Å²) < 4.78 is 38.5. The molecule has 1 saturated carbocycles. The van der Waals surface area contributed by atoms with Gasteiger partial charge in [0.05, 0.1) is 5.56 Å². The normalized spacial score (nSPS) is 24.6. The van der Waals surface area contributed by atoms with Gasteiger partial charge in [0, 0.05) is 31.6 Å². The Bertz CT molecular complexity index is 623. The number of hydrogen-bond acceptors (Lipinski definition) is 2. The highest BCUT2D eigenvalue weighted by molar-refractivity contribution is 5.81. The number of carbonyl (C=O) groups excluding carboxylic acids is 1. The smallest absolute Gasteiger partial charge is 0.342 e. The maximum atomic E-state index is 12.8. The van der Waals surface area contributed by atoms with E-state index in [1.165, 1.54) is 12.1 Å². The Labute approximate surface area is 146 Å². The van der Waals surface area contributed by atoms with Crippen molar-refractivity contribution in [3.05, 3.63) is 35.4 Å². The van der Waals surface area contributed by atoms with Gasteiger partial charge in [0.1, 0.15) is 0 Å². The lowest BCUT2D eigenvalue weighted by Crippen LogP contribution is -2.45. The highest BCUT2D eigenvalue weighted by Crippen LogP contribution is 2.39. The van der Waals surface area contributed by atoms with Gasteiger partial charge in [-0.2, -0.15) is 13.2 Å². The Balaban J connectivity index is 1.53. The van der Waals surface area contributed by atoms with Crippen molar-refractivity contribution in [3.8, 4) is 0 Å². The van der Waals surface area contributed by atoms with E-state index in [0.29, 0.717) is 24.1 Å². The molecular weight excluding hydrogens is 329 g/mol. The number of amides is 1. The van der Waals surface area contributed by atoms with E-state index >= 15 is 0 Å². The van der Waals surface area contributed by atoms with E-state index in [4.69, 9.17) is 0 Å². The van der Waals surface area contributed by atoms with E-state index in [-0.39, 0.29) is 11.8 Å². The van der Waals surface area contributed by atoms with Crippen LogP contribution in [-0.2, 0) is 17.5 Å². The summed E-state index contributed by atoms with van der Waals surface area (Å²) in [5.74, 6) is 1.03. The first-order valence-corrected chi connectivity index (χ1v) is 8.91. The molecule has 1 heterocycles. The summed E-state index contributed by atoms with van der Waals surface area (Å²) in [4.78, 5) is 16.3. The highest BCUT2D eigenvalue weighted by Gasteiger charge is 2.42. The quantitative estimate of drug-likeness (QED) is 0.821. The minimum absolute atomic E-state index is 0.222. The Hall–Kier alpha value is -1.56. The number of alkyl halides is 3. The minimum atomic E-state index is -4.31. The molecule has 25 heavy (non-hydrogen) atoms. The van der Waals surface area contributed by atoms with Gasteiger partial charge >= 0.3 is 6.18 Å². The van der Waals surface area contributed by atoms with Crippen molar-refractivity contribution in [1.82, 2.24) is 9.80 Å². The molecule has 0 N–H and O–H groups in total. The van der Waals surface area contributed by atoms with Gasteiger partial charge in [0.25, 0.3) is 0 Å². The van der Waals surface area contributed by atoms with Crippen LogP contribution in [0.5, 0.6) is 0 Å². The third-order valence-electron chi connectivity index (χ3n) is 5.51. The topological polar surface area (TPSA) is 23.6 Å². The number of rotatable bonds is 4. The molecule has 0 unspecified atom stereocenters. The van der Waals surface area contributed by atoms with Crippen LogP contribution in [0.2, 0.25) is 0 Å². The van der Waals surface area contributed by atoms with E-state index in [9.17, 15) is 18.0 Å². The van der Waals surface area contributed by atoms with E-state index in [0.717, 1.165) is 38.4 Å². The number of carbonyl (C=O) groups is 1. The molecule has 0 spiro atoms. The van der Waals surface area contributed by atoms with Crippen molar-refractivity contribution in [3.63, 3.8) is 0 Å². The zero-order valence-electron chi connectivity index (χ0n) is 14.7. The third kappa shape index (κ3) is 4.35. The molecule has 1 aliphatic carbocycles. The predicted octanol–water partition coefficient (Wildman–Crippen LogP) is 3.78. The first-order chi connectivity index (χ1) is 11.8. The number of hydrogen-bond donors (Lipinski definition) is 0. The Kier molecular flexibility index (Phi) is 5.09. The van der Waals surface area contributed by atoms with Crippen molar-refractivity contribution in [2.24, 2.45) is 11.8 Å². The molecule has 0 bridgehead atoms. The minimum Gasteiger partial charge on any atom is -0.342 e. The second-order valence-corrected chi connectivity index (χ2v) is 7.49. The molecule has 138 valence electrons. The van der Waals surface area contributed by atoms with Crippen LogP contribution in [0.3, 0.4) is 0 Å². The summed E-state index contributed by atoms with van der Waals surface area (Å²) >= 11 is 0. The zero-order chi connectivity index (χ0) is 18.2. The van der Waals surface area contributed by atoms with Gasteiger partial charge in [-0.05, 0) is 43.9 Å². The lowest BCUT2D eigenvalue weighted by molar-refractivity contribution is -0.137. The van der Waals surface area contributed by atoms with Crippen LogP contribution >= 0.6 is 0 Å². The first kappa shape index (κ1) is 18.2. The van der Waals surface area contributed by atoms with Crippen LogP contribution in [0.25, 0.3) is 0 Å². The Morgan fingerprint density at radius 3 is 2.48 bits per heavy atom. The number of halogens is 3. The molecule has 6 heteroatoms. The monoisotopic (exact) mass is 354 g/mol. The molecular formula is C19H25F3N2O. The molecule has 2 atom stereocenters. The van der Waals surface area contributed by atoms with Crippen LogP contribution < -0.4 is 0 Å². The summed E-state index contributed by atoms with van der Waals surface area (Å²) in [5, 5.41) is 0. The highest BCUT2D eigenvalue weighted by atomic mass is 19.4. The Morgan fingerprint density at radius 1 is 1.28 bits per heavy atom. The van der Waals surface area contributed by atoms with Crippen molar-refractivity contribution in [1.29, 1.82) is 0 Å². The van der Waals surface area contributed by atoms with Gasteiger partial charge in [-0.3, -0.25) is 9.69 Å². The third-order valence-corrected chi connectivity index (χ3v) is 5.51. The number of benzene rings is 1. The first-order valence-electron chi connectivity index (χ1n) is 8.91. The van der Waals surface area contributed by atoms with Gasteiger partial charge in [0.2, 0.25) is 5.91 Å². The van der Waals surface area contributed by atoms with Crippen LogP contribution in [0.4, 0.5) is 13.2 Å². The van der Waals surface area contributed by atoms with Gasteiger partial charge in [-0.15, -0.1) is 0 Å². The lowest BCUT2D eigenvalue weighted by Gasteiger charge is -2.37. The van der Waals surface area contributed by atoms with E-state index in [2.05, 4.69) is 11.8 Å².